The molecule has 0 bridgehead atoms. The van der Waals surface area contributed by atoms with E-state index in [2.05, 4.69) is 26.6 Å². The summed E-state index contributed by atoms with van der Waals surface area (Å²) in [5.41, 5.74) is 2.73. The van der Waals surface area contributed by atoms with E-state index in [9.17, 15) is 14.4 Å². The standard InChI is InChI=1S/C24H21BrN2O4/c1-16(28)31-21-10-5-8-19(13-21)24(30)27-20-9-4-6-17(12-20)15-26-23(29)14-18-7-2-3-11-22(18)25/h2-13H,14-15H2,1H3,(H,26,29)(H,27,30). The fourth-order valence-electron chi connectivity index (χ4n) is 2.91. The fraction of sp³-hybridized carbons (Fsp3) is 0.125. The molecule has 0 aromatic heterocycles. The van der Waals surface area contributed by atoms with Gasteiger partial charge in [0.05, 0.1) is 6.42 Å². The molecular weight excluding hydrogens is 460 g/mol. The van der Waals surface area contributed by atoms with Crippen molar-refractivity contribution >= 4 is 39.4 Å². The number of esters is 1. The van der Waals surface area contributed by atoms with Gasteiger partial charge in [0.25, 0.3) is 5.91 Å². The summed E-state index contributed by atoms with van der Waals surface area (Å²) in [6, 6.07) is 21.2. The van der Waals surface area contributed by atoms with Crippen molar-refractivity contribution < 1.29 is 19.1 Å². The van der Waals surface area contributed by atoms with Crippen molar-refractivity contribution in [2.24, 2.45) is 0 Å². The molecule has 0 atom stereocenters. The van der Waals surface area contributed by atoms with E-state index in [-0.39, 0.29) is 18.2 Å². The van der Waals surface area contributed by atoms with Crippen LogP contribution >= 0.6 is 15.9 Å². The molecule has 31 heavy (non-hydrogen) atoms. The molecule has 0 heterocycles. The molecule has 158 valence electrons. The van der Waals surface area contributed by atoms with E-state index < -0.39 is 5.97 Å². The van der Waals surface area contributed by atoms with Gasteiger partial charge >= 0.3 is 5.97 Å². The second kappa shape index (κ2) is 10.5. The first-order valence-corrected chi connectivity index (χ1v) is 10.4. The minimum atomic E-state index is -0.452. The molecule has 0 aliphatic carbocycles. The Hall–Kier alpha value is -3.45. The van der Waals surface area contributed by atoms with Crippen molar-refractivity contribution in [3.63, 3.8) is 0 Å². The van der Waals surface area contributed by atoms with Crippen LogP contribution < -0.4 is 15.4 Å². The predicted octanol–water partition coefficient (Wildman–Crippen LogP) is 4.49. The maximum absolute atomic E-state index is 12.5. The number of hydrogen-bond acceptors (Lipinski definition) is 4. The third-order valence-electron chi connectivity index (χ3n) is 4.34. The van der Waals surface area contributed by atoms with Crippen LogP contribution in [0.1, 0.15) is 28.4 Å². The highest BCUT2D eigenvalue weighted by molar-refractivity contribution is 9.10. The molecule has 6 nitrogen and oxygen atoms in total. The summed E-state index contributed by atoms with van der Waals surface area (Å²) in [5.74, 6) is -0.568. The topological polar surface area (TPSA) is 84.5 Å². The zero-order valence-corrected chi connectivity index (χ0v) is 18.4. The number of amides is 2. The summed E-state index contributed by atoms with van der Waals surface area (Å²) in [6.45, 7) is 1.64. The lowest BCUT2D eigenvalue weighted by Gasteiger charge is -2.10. The average molecular weight is 481 g/mol. The Kier molecular flexibility index (Phi) is 7.56. The molecule has 0 aliphatic heterocycles. The molecule has 3 rings (SSSR count). The molecule has 0 unspecified atom stereocenters. The Morgan fingerprint density at radius 3 is 2.48 bits per heavy atom. The van der Waals surface area contributed by atoms with E-state index in [4.69, 9.17) is 4.74 Å². The largest absolute Gasteiger partial charge is 0.427 e. The maximum Gasteiger partial charge on any atom is 0.308 e. The van der Waals surface area contributed by atoms with Crippen LogP contribution in [0, 0.1) is 0 Å². The van der Waals surface area contributed by atoms with Gasteiger partial charge in [0.2, 0.25) is 5.91 Å². The van der Waals surface area contributed by atoms with Gasteiger partial charge in [-0.1, -0.05) is 52.3 Å². The molecule has 0 saturated carbocycles. The van der Waals surface area contributed by atoms with Crippen molar-refractivity contribution in [3.8, 4) is 5.75 Å². The lowest BCUT2D eigenvalue weighted by Crippen LogP contribution is -2.24. The van der Waals surface area contributed by atoms with Gasteiger partial charge in [-0.15, -0.1) is 0 Å². The number of benzene rings is 3. The fourth-order valence-corrected chi connectivity index (χ4v) is 3.33. The van der Waals surface area contributed by atoms with E-state index >= 15 is 0 Å². The summed E-state index contributed by atoms with van der Waals surface area (Å²) in [7, 11) is 0. The highest BCUT2D eigenvalue weighted by atomic mass is 79.9. The molecule has 0 fully saturated rings. The smallest absolute Gasteiger partial charge is 0.308 e. The summed E-state index contributed by atoms with van der Waals surface area (Å²) in [5, 5.41) is 5.71. The molecule has 0 aliphatic rings. The molecule has 2 N–H and O–H groups in total. The molecule has 0 spiro atoms. The molecule has 0 saturated heterocycles. The molecule has 0 radical (unpaired) electrons. The number of nitrogens with one attached hydrogen (secondary N) is 2. The van der Waals surface area contributed by atoms with Crippen LogP contribution in [0.4, 0.5) is 5.69 Å². The third kappa shape index (κ3) is 6.79. The first-order chi connectivity index (χ1) is 14.9. The molecule has 2 amide bonds. The SMILES string of the molecule is CC(=O)Oc1cccc(C(=O)Nc2cccc(CNC(=O)Cc3ccccc3Br)c2)c1. The molecule has 7 heteroatoms. The Morgan fingerprint density at radius 1 is 0.935 bits per heavy atom. The summed E-state index contributed by atoms with van der Waals surface area (Å²) in [4.78, 5) is 35.9. The minimum Gasteiger partial charge on any atom is -0.427 e. The monoisotopic (exact) mass is 480 g/mol. The third-order valence-corrected chi connectivity index (χ3v) is 5.11. The van der Waals surface area contributed by atoms with Crippen LogP contribution in [0.2, 0.25) is 0 Å². The zero-order valence-electron chi connectivity index (χ0n) is 16.9. The van der Waals surface area contributed by atoms with Gasteiger partial charge in [0, 0.05) is 29.2 Å². The van der Waals surface area contributed by atoms with Gasteiger partial charge in [-0.25, -0.2) is 0 Å². The minimum absolute atomic E-state index is 0.0939. The summed E-state index contributed by atoms with van der Waals surface area (Å²) < 4.78 is 5.91. The number of ether oxygens (including phenoxy) is 1. The van der Waals surface area contributed by atoms with E-state index in [1.54, 1.807) is 36.4 Å². The van der Waals surface area contributed by atoms with Gasteiger partial charge in [-0.2, -0.15) is 0 Å². The Labute approximate surface area is 188 Å². The van der Waals surface area contributed by atoms with E-state index in [0.717, 1.165) is 15.6 Å². The number of halogens is 1. The van der Waals surface area contributed by atoms with Crippen LogP contribution in [0.25, 0.3) is 0 Å². The lowest BCUT2D eigenvalue weighted by molar-refractivity contribution is -0.131. The van der Waals surface area contributed by atoms with Gasteiger partial charge in [0.1, 0.15) is 5.75 Å². The van der Waals surface area contributed by atoms with Crippen LogP contribution in [-0.4, -0.2) is 17.8 Å². The van der Waals surface area contributed by atoms with Crippen LogP contribution in [0.5, 0.6) is 5.75 Å². The van der Waals surface area contributed by atoms with Crippen molar-refractivity contribution in [1.29, 1.82) is 0 Å². The van der Waals surface area contributed by atoms with Gasteiger partial charge < -0.3 is 15.4 Å². The molecular formula is C24H21BrN2O4. The van der Waals surface area contributed by atoms with Crippen LogP contribution in [-0.2, 0) is 22.6 Å². The van der Waals surface area contributed by atoms with Crippen molar-refractivity contribution in [3.05, 3.63) is 94.0 Å². The first kappa shape index (κ1) is 22.2. The number of carbonyl (C=O) groups excluding carboxylic acids is 3. The highest BCUT2D eigenvalue weighted by Crippen LogP contribution is 2.18. The Balaban J connectivity index is 1.59. The summed E-state index contributed by atoms with van der Waals surface area (Å²) in [6.07, 6.45) is 0.274. The van der Waals surface area contributed by atoms with Crippen LogP contribution in [0.3, 0.4) is 0 Å². The number of carbonyl (C=O) groups is 3. The van der Waals surface area contributed by atoms with E-state index in [1.807, 2.05) is 30.3 Å². The van der Waals surface area contributed by atoms with Gasteiger partial charge in [0.15, 0.2) is 0 Å². The zero-order chi connectivity index (χ0) is 22.2. The Morgan fingerprint density at radius 2 is 1.71 bits per heavy atom. The van der Waals surface area contributed by atoms with Crippen molar-refractivity contribution in [1.82, 2.24) is 5.32 Å². The second-order valence-electron chi connectivity index (χ2n) is 6.82. The highest BCUT2D eigenvalue weighted by Gasteiger charge is 2.10. The normalized spacial score (nSPS) is 10.3. The molecule has 3 aromatic carbocycles. The van der Waals surface area contributed by atoms with Crippen molar-refractivity contribution in [2.45, 2.75) is 19.9 Å². The number of rotatable bonds is 7. The van der Waals surface area contributed by atoms with E-state index in [0.29, 0.717) is 23.5 Å². The quantitative estimate of drug-likeness (QED) is 0.385. The second-order valence-corrected chi connectivity index (χ2v) is 7.68. The van der Waals surface area contributed by atoms with E-state index in [1.165, 1.54) is 13.0 Å². The maximum atomic E-state index is 12.5. The van der Waals surface area contributed by atoms with Crippen LogP contribution in [0.15, 0.2) is 77.3 Å². The first-order valence-electron chi connectivity index (χ1n) is 9.59. The average Bonchev–Trinajstić information content (AvgIpc) is 2.74. The number of anilines is 1. The number of hydrogen-bond donors (Lipinski definition) is 2. The predicted molar refractivity (Wildman–Crippen MR) is 122 cm³/mol. The molecule has 3 aromatic rings. The van der Waals surface area contributed by atoms with Gasteiger partial charge in [-0.05, 0) is 47.5 Å². The Bertz CT molecular complexity index is 1110. The van der Waals surface area contributed by atoms with Gasteiger partial charge in [-0.3, -0.25) is 14.4 Å². The van der Waals surface area contributed by atoms with Crippen molar-refractivity contribution in [2.75, 3.05) is 5.32 Å². The lowest BCUT2D eigenvalue weighted by atomic mass is 10.1. The summed E-state index contributed by atoms with van der Waals surface area (Å²) >= 11 is 3.44.